The molecule has 3 aromatic rings. The molecule has 160 valence electrons. The van der Waals surface area contributed by atoms with Gasteiger partial charge < -0.3 is 15.2 Å². The van der Waals surface area contributed by atoms with Crippen molar-refractivity contribution in [2.24, 2.45) is 0 Å². The topological polar surface area (TPSA) is 87.6 Å². The third-order valence-electron chi connectivity index (χ3n) is 5.62. The van der Waals surface area contributed by atoms with Crippen LogP contribution in [0.15, 0.2) is 60.9 Å². The molecule has 0 radical (unpaired) electrons. The molecule has 0 aliphatic carbocycles. The molecule has 0 spiro atoms. The van der Waals surface area contributed by atoms with Gasteiger partial charge in [-0.15, -0.1) is 0 Å². The molecule has 2 aromatic carbocycles. The normalized spacial score (nSPS) is 16.2. The highest BCUT2D eigenvalue weighted by molar-refractivity contribution is 5.73. The van der Waals surface area contributed by atoms with Crippen LogP contribution in [0.25, 0.3) is 11.1 Å². The van der Waals surface area contributed by atoms with Crippen LogP contribution in [0, 0.1) is 0 Å². The fourth-order valence-electron chi connectivity index (χ4n) is 3.86. The van der Waals surface area contributed by atoms with Crippen molar-refractivity contribution in [3.63, 3.8) is 0 Å². The maximum Gasteiger partial charge on any atom is 0.320 e. The van der Waals surface area contributed by atoms with Crippen LogP contribution < -0.4 is 10.1 Å². The van der Waals surface area contributed by atoms with Crippen LogP contribution in [0.4, 0.5) is 11.6 Å². The van der Waals surface area contributed by atoms with E-state index in [1.54, 1.807) is 19.5 Å². The van der Waals surface area contributed by atoms with Gasteiger partial charge in [-0.05, 0) is 61.2 Å². The molecule has 1 atom stereocenters. The summed E-state index contributed by atoms with van der Waals surface area (Å²) in [4.78, 5) is 22.2. The largest absolute Gasteiger partial charge is 0.497 e. The van der Waals surface area contributed by atoms with Crippen LogP contribution in [-0.2, 0) is 11.2 Å². The highest BCUT2D eigenvalue weighted by Gasteiger charge is 2.29. The number of hydrogen-bond donors (Lipinski definition) is 2. The molecular formula is C24H26N4O3. The first-order valence-electron chi connectivity index (χ1n) is 10.4. The predicted octanol–water partition coefficient (Wildman–Crippen LogP) is 3.99. The van der Waals surface area contributed by atoms with E-state index in [2.05, 4.69) is 32.3 Å². The fourth-order valence-corrected chi connectivity index (χ4v) is 3.86. The van der Waals surface area contributed by atoms with Crippen molar-refractivity contribution in [3.8, 4) is 16.9 Å². The highest BCUT2D eigenvalue weighted by atomic mass is 16.5. The molecule has 31 heavy (non-hydrogen) atoms. The first-order chi connectivity index (χ1) is 15.1. The Morgan fingerprint density at radius 1 is 1.10 bits per heavy atom. The summed E-state index contributed by atoms with van der Waals surface area (Å²) in [5.41, 5.74) is 4.05. The number of methoxy groups -OCH3 is 1. The van der Waals surface area contributed by atoms with E-state index >= 15 is 0 Å². The van der Waals surface area contributed by atoms with E-state index in [0.29, 0.717) is 5.95 Å². The Balaban J connectivity index is 1.32. The number of nitrogens with one attached hydrogen (secondary N) is 1. The van der Waals surface area contributed by atoms with Gasteiger partial charge in [-0.25, -0.2) is 9.97 Å². The maximum atomic E-state index is 11.3. The van der Waals surface area contributed by atoms with Gasteiger partial charge >= 0.3 is 5.97 Å². The molecule has 1 aliphatic rings. The second kappa shape index (κ2) is 9.57. The molecular weight excluding hydrogens is 392 g/mol. The number of anilines is 2. The number of nitrogens with zero attached hydrogens (tertiary/aromatic N) is 3. The van der Waals surface area contributed by atoms with Gasteiger partial charge in [0, 0.05) is 30.2 Å². The van der Waals surface area contributed by atoms with Crippen molar-refractivity contribution in [2.45, 2.75) is 25.3 Å². The van der Waals surface area contributed by atoms with Gasteiger partial charge in [0.1, 0.15) is 11.8 Å². The monoisotopic (exact) mass is 418 g/mol. The number of hydrogen-bond acceptors (Lipinski definition) is 6. The van der Waals surface area contributed by atoms with Crippen molar-refractivity contribution < 1.29 is 14.6 Å². The lowest BCUT2D eigenvalue weighted by atomic mass is 10.1. The van der Waals surface area contributed by atoms with Crippen molar-refractivity contribution in [2.75, 3.05) is 25.5 Å². The van der Waals surface area contributed by atoms with E-state index in [1.165, 1.54) is 5.56 Å². The van der Waals surface area contributed by atoms with E-state index in [9.17, 15) is 9.90 Å². The summed E-state index contributed by atoms with van der Waals surface area (Å²) in [6.07, 6.45) is 6.12. The second-order valence-corrected chi connectivity index (χ2v) is 7.63. The van der Waals surface area contributed by atoms with Gasteiger partial charge in [0.25, 0.3) is 0 Å². The summed E-state index contributed by atoms with van der Waals surface area (Å²) in [6.45, 7) is 1.63. The Bertz CT molecular complexity index is 1000. The summed E-state index contributed by atoms with van der Waals surface area (Å²) in [6, 6.07) is 15.5. The predicted molar refractivity (Wildman–Crippen MR) is 120 cm³/mol. The minimum Gasteiger partial charge on any atom is -0.497 e. The van der Waals surface area contributed by atoms with Crippen LogP contribution >= 0.6 is 0 Å². The van der Waals surface area contributed by atoms with E-state index in [0.717, 1.165) is 54.9 Å². The molecule has 2 heterocycles. The number of aliphatic carboxylic acids is 1. The Hall–Kier alpha value is -3.45. The van der Waals surface area contributed by atoms with E-state index < -0.39 is 5.97 Å². The Kier molecular flexibility index (Phi) is 6.43. The molecule has 1 unspecified atom stereocenters. The van der Waals surface area contributed by atoms with Crippen LogP contribution in [0.2, 0.25) is 0 Å². The van der Waals surface area contributed by atoms with Crippen molar-refractivity contribution in [1.82, 2.24) is 14.9 Å². The number of carbonyl (C=O) groups is 1. The molecule has 4 rings (SSSR count). The zero-order valence-corrected chi connectivity index (χ0v) is 17.5. The van der Waals surface area contributed by atoms with E-state index in [4.69, 9.17) is 4.74 Å². The highest BCUT2D eigenvalue weighted by Crippen LogP contribution is 2.23. The van der Waals surface area contributed by atoms with Gasteiger partial charge in [-0.2, -0.15) is 0 Å². The maximum absolute atomic E-state index is 11.3. The standard InChI is InChI=1S/C24H26N4O3/c1-31-21-10-6-18(7-11-21)19-15-25-24(26-16-19)27-20-8-4-17(5-9-20)12-14-28-13-2-3-22(28)23(29)30/h4-11,15-16,22H,2-3,12-14H2,1H3,(H,29,30)(H,25,26,27). The first kappa shape index (κ1) is 20.8. The van der Waals surface area contributed by atoms with Gasteiger partial charge in [0.2, 0.25) is 5.95 Å². The molecule has 7 heteroatoms. The Morgan fingerprint density at radius 3 is 2.45 bits per heavy atom. The second-order valence-electron chi connectivity index (χ2n) is 7.63. The molecule has 1 aromatic heterocycles. The molecule has 0 saturated carbocycles. The molecule has 1 saturated heterocycles. The molecule has 1 aliphatic heterocycles. The van der Waals surface area contributed by atoms with Crippen molar-refractivity contribution >= 4 is 17.6 Å². The summed E-state index contributed by atoms with van der Waals surface area (Å²) >= 11 is 0. The average Bonchev–Trinajstić information content (AvgIpc) is 3.28. The van der Waals surface area contributed by atoms with Crippen LogP contribution in [0.3, 0.4) is 0 Å². The third kappa shape index (κ3) is 5.19. The summed E-state index contributed by atoms with van der Waals surface area (Å²) in [7, 11) is 1.65. The Morgan fingerprint density at radius 2 is 1.81 bits per heavy atom. The number of rotatable bonds is 8. The lowest BCUT2D eigenvalue weighted by Crippen LogP contribution is -2.37. The minimum absolute atomic E-state index is 0.334. The minimum atomic E-state index is -0.713. The number of ether oxygens (including phenoxy) is 1. The zero-order chi connectivity index (χ0) is 21.6. The number of aromatic nitrogens is 2. The summed E-state index contributed by atoms with van der Waals surface area (Å²) < 4.78 is 5.19. The van der Waals surface area contributed by atoms with Crippen LogP contribution in [0.5, 0.6) is 5.75 Å². The Labute approximate surface area is 181 Å². The molecule has 7 nitrogen and oxygen atoms in total. The van der Waals surface area contributed by atoms with Crippen molar-refractivity contribution in [1.29, 1.82) is 0 Å². The lowest BCUT2D eigenvalue weighted by molar-refractivity contribution is -0.142. The van der Waals surface area contributed by atoms with Crippen LogP contribution in [0.1, 0.15) is 18.4 Å². The third-order valence-corrected chi connectivity index (χ3v) is 5.62. The zero-order valence-electron chi connectivity index (χ0n) is 17.5. The first-order valence-corrected chi connectivity index (χ1v) is 10.4. The number of likely N-dealkylation sites (tertiary alicyclic amines) is 1. The number of benzene rings is 2. The molecule has 1 fully saturated rings. The average molecular weight is 418 g/mol. The van der Waals surface area contributed by atoms with Crippen molar-refractivity contribution in [3.05, 3.63) is 66.5 Å². The number of carboxylic acid groups (broad SMARTS) is 1. The van der Waals surface area contributed by atoms with Gasteiger partial charge in [0.15, 0.2) is 0 Å². The summed E-state index contributed by atoms with van der Waals surface area (Å²) in [5.74, 6) is 0.634. The molecule has 0 amide bonds. The SMILES string of the molecule is COc1ccc(-c2cnc(Nc3ccc(CCN4CCCC4C(=O)O)cc3)nc2)cc1. The molecule has 0 bridgehead atoms. The fraction of sp³-hybridized carbons (Fsp3) is 0.292. The summed E-state index contributed by atoms with van der Waals surface area (Å²) in [5, 5.41) is 12.5. The number of carboxylic acids is 1. The lowest BCUT2D eigenvalue weighted by Gasteiger charge is -2.20. The van der Waals surface area contributed by atoms with E-state index in [-0.39, 0.29) is 6.04 Å². The smallest absolute Gasteiger partial charge is 0.320 e. The van der Waals surface area contributed by atoms with Gasteiger partial charge in [-0.1, -0.05) is 24.3 Å². The van der Waals surface area contributed by atoms with Gasteiger partial charge in [-0.3, -0.25) is 9.69 Å². The van der Waals surface area contributed by atoms with Gasteiger partial charge in [0.05, 0.1) is 7.11 Å². The molecule has 2 N–H and O–H groups in total. The van der Waals surface area contributed by atoms with Crippen LogP contribution in [-0.4, -0.2) is 52.2 Å². The van der Waals surface area contributed by atoms with E-state index in [1.807, 2.05) is 36.4 Å². The quantitative estimate of drug-likeness (QED) is 0.572.